The Bertz CT molecular complexity index is 1390. The van der Waals surface area contributed by atoms with Crippen LogP contribution in [0.25, 0.3) is 11.3 Å². The van der Waals surface area contributed by atoms with Gasteiger partial charge in [-0.3, -0.25) is 14.6 Å². The van der Waals surface area contributed by atoms with E-state index >= 15 is 0 Å². The molecule has 0 saturated carbocycles. The number of hydrogen-bond donors (Lipinski definition) is 3. The summed E-state index contributed by atoms with van der Waals surface area (Å²) in [6.07, 6.45) is -3.17. The van der Waals surface area contributed by atoms with Gasteiger partial charge in [0.2, 0.25) is 11.7 Å². The second kappa shape index (κ2) is 11.1. The van der Waals surface area contributed by atoms with Gasteiger partial charge >= 0.3 is 6.18 Å². The first-order chi connectivity index (χ1) is 17.4. The number of hydrogen-bond acceptors (Lipinski definition) is 6. The van der Waals surface area contributed by atoms with Gasteiger partial charge in [0, 0.05) is 17.7 Å². The summed E-state index contributed by atoms with van der Waals surface area (Å²) in [6.45, 7) is 1.05. The number of methoxy groups -OCH3 is 1. The van der Waals surface area contributed by atoms with Crippen molar-refractivity contribution in [3.8, 4) is 17.0 Å². The summed E-state index contributed by atoms with van der Waals surface area (Å²) in [7, 11) is 1.27. The van der Waals surface area contributed by atoms with Gasteiger partial charge < -0.3 is 21.2 Å². The standard InChI is InChI=1S/C25H23F4N5O3/c1-13-9-14(3-5-16(13)23(31)36)20-12-33-24(34-20)19(32-8-7-25(27,28)29)11-18(30)22(35)15-4-6-21(37-2)17(26)10-15/h3-6,9-12H,7-8,30H2,1-2H3,(H2,31,36)(H,33,34). The van der Waals surface area contributed by atoms with E-state index in [2.05, 4.69) is 15.0 Å². The molecule has 0 fully saturated rings. The lowest BCUT2D eigenvalue weighted by atomic mass is 10.0. The first-order valence-corrected chi connectivity index (χ1v) is 10.8. The maximum Gasteiger partial charge on any atom is 0.390 e. The molecular weight excluding hydrogens is 494 g/mol. The number of allylic oxidation sites excluding steroid dienone is 2. The van der Waals surface area contributed by atoms with Gasteiger partial charge in [0.15, 0.2) is 17.4 Å². The lowest BCUT2D eigenvalue weighted by Crippen LogP contribution is -2.16. The fourth-order valence-electron chi connectivity index (χ4n) is 3.38. The summed E-state index contributed by atoms with van der Waals surface area (Å²) in [5.41, 5.74) is 12.7. The van der Waals surface area contributed by atoms with Crippen LogP contribution in [0.15, 0.2) is 59.4 Å². The molecule has 0 unspecified atom stereocenters. The number of carbonyl (C=O) groups excluding carboxylic acids is 2. The second-order valence-corrected chi connectivity index (χ2v) is 7.95. The number of ketones is 1. The summed E-state index contributed by atoms with van der Waals surface area (Å²) in [5, 5.41) is 0. The molecule has 12 heteroatoms. The SMILES string of the molecule is COc1ccc(C(=O)C(N)=CC(=NCCC(F)(F)F)c2ncc(-c3ccc(C(N)=O)c(C)c3)[nH]2)cc1F. The average Bonchev–Trinajstić information content (AvgIpc) is 3.32. The number of aromatic nitrogens is 2. The van der Waals surface area contributed by atoms with Gasteiger partial charge in [0.05, 0.1) is 31.1 Å². The number of nitrogens with one attached hydrogen (secondary N) is 1. The maximum absolute atomic E-state index is 14.0. The van der Waals surface area contributed by atoms with Crippen LogP contribution in [0.5, 0.6) is 5.75 Å². The van der Waals surface area contributed by atoms with E-state index in [1.807, 2.05) is 0 Å². The Morgan fingerprint density at radius 1 is 1.16 bits per heavy atom. The Labute approximate surface area is 209 Å². The molecule has 3 rings (SSSR count). The van der Waals surface area contributed by atoms with Crippen molar-refractivity contribution >= 4 is 17.4 Å². The van der Waals surface area contributed by atoms with Gasteiger partial charge in [-0.05, 0) is 54.5 Å². The number of carbonyl (C=O) groups is 2. The highest BCUT2D eigenvalue weighted by Gasteiger charge is 2.26. The van der Waals surface area contributed by atoms with Crippen LogP contribution in [0.3, 0.4) is 0 Å². The van der Waals surface area contributed by atoms with Crippen LogP contribution in [-0.4, -0.2) is 47.2 Å². The summed E-state index contributed by atoms with van der Waals surface area (Å²) in [5.74, 6) is -2.17. The molecule has 1 amide bonds. The zero-order chi connectivity index (χ0) is 27.3. The highest BCUT2D eigenvalue weighted by molar-refractivity contribution is 6.15. The lowest BCUT2D eigenvalue weighted by molar-refractivity contribution is -0.132. The van der Waals surface area contributed by atoms with Crippen molar-refractivity contribution in [2.45, 2.75) is 19.5 Å². The minimum Gasteiger partial charge on any atom is -0.494 e. The maximum atomic E-state index is 14.0. The Morgan fingerprint density at radius 3 is 2.49 bits per heavy atom. The third-order valence-electron chi connectivity index (χ3n) is 5.27. The number of rotatable bonds is 9. The van der Waals surface area contributed by atoms with Crippen LogP contribution in [0.1, 0.15) is 38.5 Å². The van der Waals surface area contributed by atoms with Crippen molar-refractivity contribution in [1.82, 2.24) is 9.97 Å². The van der Waals surface area contributed by atoms with Crippen molar-refractivity contribution in [1.29, 1.82) is 0 Å². The Balaban J connectivity index is 1.96. The van der Waals surface area contributed by atoms with E-state index in [-0.39, 0.29) is 22.8 Å². The predicted molar refractivity (Wildman–Crippen MR) is 129 cm³/mol. The van der Waals surface area contributed by atoms with Crippen molar-refractivity contribution in [3.63, 3.8) is 0 Å². The summed E-state index contributed by atoms with van der Waals surface area (Å²) in [4.78, 5) is 35.3. The molecule has 194 valence electrons. The van der Waals surface area contributed by atoms with Gasteiger partial charge in [-0.1, -0.05) is 6.07 Å². The fourth-order valence-corrected chi connectivity index (χ4v) is 3.38. The third kappa shape index (κ3) is 6.81. The quantitative estimate of drug-likeness (QED) is 0.170. The Kier molecular flexibility index (Phi) is 8.11. The first kappa shape index (κ1) is 27.1. The van der Waals surface area contributed by atoms with E-state index in [0.717, 1.165) is 12.1 Å². The number of nitrogens with zero attached hydrogens (tertiary/aromatic N) is 2. The molecule has 0 atom stereocenters. The number of amides is 1. The molecule has 1 aromatic heterocycles. The number of aryl methyl sites for hydroxylation is 1. The number of imidazole rings is 1. The van der Waals surface area contributed by atoms with Gasteiger partial charge in [-0.15, -0.1) is 0 Å². The van der Waals surface area contributed by atoms with E-state index in [4.69, 9.17) is 16.2 Å². The molecular formula is C25H23F4N5O3. The molecule has 0 spiro atoms. The fraction of sp³-hybridized carbons (Fsp3) is 0.200. The molecule has 8 nitrogen and oxygen atoms in total. The zero-order valence-corrected chi connectivity index (χ0v) is 19.8. The topological polar surface area (TPSA) is 136 Å². The number of nitrogens with two attached hydrogens (primary N) is 2. The number of halogens is 4. The summed E-state index contributed by atoms with van der Waals surface area (Å²) < 4.78 is 57.0. The third-order valence-corrected chi connectivity index (χ3v) is 5.27. The molecule has 0 saturated heterocycles. The smallest absolute Gasteiger partial charge is 0.390 e. The van der Waals surface area contributed by atoms with Gasteiger partial charge in [-0.2, -0.15) is 13.2 Å². The van der Waals surface area contributed by atoms with E-state index in [9.17, 15) is 27.2 Å². The second-order valence-electron chi connectivity index (χ2n) is 7.95. The van der Waals surface area contributed by atoms with E-state index in [1.165, 1.54) is 31.5 Å². The number of Topliss-reactive ketones (excluding diaryl/α,β-unsaturated/α-hetero) is 1. The highest BCUT2D eigenvalue weighted by Crippen LogP contribution is 2.23. The number of alkyl halides is 3. The zero-order valence-electron chi connectivity index (χ0n) is 19.8. The molecule has 0 aliphatic carbocycles. The predicted octanol–water partition coefficient (Wildman–Crippen LogP) is 4.10. The van der Waals surface area contributed by atoms with E-state index in [1.54, 1.807) is 19.1 Å². The van der Waals surface area contributed by atoms with Crippen molar-refractivity contribution < 1.29 is 31.9 Å². The van der Waals surface area contributed by atoms with Crippen LogP contribution in [0.2, 0.25) is 0 Å². The highest BCUT2D eigenvalue weighted by atomic mass is 19.4. The molecule has 1 heterocycles. The van der Waals surface area contributed by atoms with Gasteiger partial charge in [0.25, 0.3) is 0 Å². The summed E-state index contributed by atoms with van der Waals surface area (Å²) >= 11 is 0. The van der Waals surface area contributed by atoms with Gasteiger partial charge in [0.1, 0.15) is 5.71 Å². The molecule has 0 aliphatic heterocycles. The van der Waals surface area contributed by atoms with E-state index in [0.29, 0.717) is 22.4 Å². The Hall–Kier alpha value is -4.48. The van der Waals surface area contributed by atoms with Crippen molar-refractivity contribution in [2.24, 2.45) is 16.5 Å². The molecule has 0 radical (unpaired) electrons. The Morgan fingerprint density at radius 2 is 1.89 bits per heavy atom. The molecule has 0 bridgehead atoms. The largest absolute Gasteiger partial charge is 0.494 e. The number of primary amides is 1. The molecule has 0 aliphatic rings. The van der Waals surface area contributed by atoms with E-state index < -0.39 is 42.3 Å². The number of aliphatic imine (C=N–C) groups is 1. The van der Waals surface area contributed by atoms with Crippen LogP contribution < -0.4 is 16.2 Å². The van der Waals surface area contributed by atoms with Crippen LogP contribution >= 0.6 is 0 Å². The summed E-state index contributed by atoms with van der Waals surface area (Å²) in [6, 6.07) is 8.33. The molecule has 5 N–H and O–H groups in total. The number of aromatic amines is 1. The number of H-pyrrole nitrogens is 1. The van der Waals surface area contributed by atoms with Crippen LogP contribution in [-0.2, 0) is 0 Å². The lowest BCUT2D eigenvalue weighted by Gasteiger charge is -2.07. The average molecular weight is 517 g/mol. The molecule has 37 heavy (non-hydrogen) atoms. The normalized spacial score (nSPS) is 12.5. The monoisotopic (exact) mass is 517 g/mol. The molecule has 3 aromatic rings. The number of benzene rings is 2. The van der Waals surface area contributed by atoms with Crippen molar-refractivity contribution in [3.05, 3.63) is 82.7 Å². The minimum atomic E-state index is -4.45. The first-order valence-electron chi connectivity index (χ1n) is 10.8. The van der Waals surface area contributed by atoms with Crippen molar-refractivity contribution in [2.75, 3.05) is 13.7 Å². The van der Waals surface area contributed by atoms with Crippen LogP contribution in [0, 0.1) is 12.7 Å². The molecule has 2 aromatic carbocycles. The minimum absolute atomic E-state index is 0.0467. The van der Waals surface area contributed by atoms with Crippen LogP contribution in [0.4, 0.5) is 17.6 Å². The number of ether oxygens (including phenoxy) is 1. The van der Waals surface area contributed by atoms with Gasteiger partial charge in [-0.25, -0.2) is 9.37 Å².